The Labute approximate surface area is 126 Å². The van der Waals surface area contributed by atoms with Crippen molar-refractivity contribution in [1.29, 1.82) is 0 Å². The fourth-order valence-electron chi connectivity index (χ4n) is 3.25. The zero-order valence-electron chi connectivity index (χ0n) is 11.0. The molecule has 106 valence electrons. The third-order valence-electron chi connectivity index (χ3n) is 4.43. The van der Waals surface area contributed by atoms with Gasteiger partial charge < -0.3 is 4.57 Å². The molecule has 2 nitrogen and oxygen atoms in total. The third kappa shape index (κ3) is 2.03. The molecule has 0 bridgehead atoms. The summed E-state index contributed by atoms with van der Waals surface area (Å²) in [5.41, 5.74) is 1.59. The summed E-state index contributed by atoms with van der Waals surface area (Å²) in [6, 6.07) is 3.56. The van der Waals surface area contributed by atoms with E-state index in [0.717, 1.165) is 16.9 Å². The van der Waals surface area contributed by atoms with Gasteiger partial charge >= 0.3 is 0 Å². The van der Waals surface area contributed by atoms with Crippen LogP contribution in [0.4, 0.5) is 4.39 Å². The Morgan fingerprint density at radius 1 is 1.25 bits per heavy atom. The summed E-state index contributed by atoms with van der Waals surface area (Å²) in [5, 5.41) is 0.123. The summed E-state index contributed by atoms with van der Waals surface area (Å²) in [4.78, 5) is 4.55. The Morgan fingerprint density at radius 3 is 2.45 bits per heavy atom. The predicted molar refractivity (Wildman–Crippen MR) is 78.7 cm³/mol. The lowest BCUT2D eigenvalue weighted by atomic mass is 10.1. The Bertz CT molecular complexity index is 662. The number of nitrogens with zero attached hydrogens (tertiary/aromatic N) is 2. The van der Waals surface area contributed by atoms with E-state index in [0.29, 0.717) is 23.8 Å². The predicted octanol–water partition coefficient (Wildman–Crippen LogP) is 4.93. The number of benzene rings is 1. The summed E-state index contributed by atoms with van der Waals surface area (Å²) in [6.45, 7) is 0. The zero-order valence-corrected chi connectivity index (χ0v) is 12.5. The molecule has 1 aromatic heterocycles. The first-order valence-corrected chi connectivity index (χ1v) is 8.02. The summed E-state index contributed by atoms with van der Waals surface area (Å²) in [6.07, 6.45) is 5.05. The second-order valence-corrected chi connectivity index (χ2v) is 6.63. The van der Waals surface area contributed by atoms with Crippen LogP contribution in [0, 0.1) is 17.7 Å². The largest absolute Gasteiger partial charge is 0.323 e. The number of imidazole rings is 1. The number of hydrogen-bond acceptors (Lipinski definition) is 1. The Kier molecular flexibility index (Phi) is 2.97. The van der Waals surface area contributed by atoms with Gasteiger partial charge in [0.25, 0.3) is 0 Å². The van der Waals surface area contributed by atoms with Gasteiger partial charge in [-0.05, 0) is 43.6 Å². The molecular weight excluding hydrogens is 298 g/mol. The number of hydrogen-bond donors (Lipinski definition) is 0. The van der Waals surface area contributed by atoms with Gasteiger partial charge in [-0.3, -0.25) is 0 Å². The van der Waals surface area contributed by atoms with Gasteiger partial charge in [-0.15, -0.1) is 11.6 Å². The lowest BCUT2D eigenvalue weighted by Gasteiger charge is -2.21. The molecule has 5 heteroatoms. The second-order valence-electron chi connectivity index (χ2n) is 5.95. The fraction of sp³-hybridized carbons (Fsp3) is 0.533. The molecular formula is C15H15Cl2FN2. The van der Waals surface area contributed by atoms with Crippen molar-refractivity contribution in [2.75, 3.05) is 0 Å². The SMILES string of the molecule is Fc1cc2c(cc1Cl)nc(CCl)n2C(C1CC1)C1CC1. The van der Waals surface area contributed by atoms with Crippen LogP contribution in [0.15, 0.2) is 12.1 Å². The van der Waals surface area contributed by atoms with Gasteiger partial charge in [-0.1, -0.05) is 11.6 Å². The highest BCUT2D eigenvalue weighted by molar-refractivity contribution is 6.31. The first kappa shape index (κ1) is 12.9. The standard InChI is InChI=1S/C15H15Cl2FN2/c16-7-14-19-12-5-10(17)11(18)6-13(12)20(14)15(8-1-2-8)9-3-4-9/h5-6,8-9,15H,1-4,7H2. The van der Waals surface area contributed by atoms with E-state index in [1.54, 1.807) is 6.07 Å². The van der Waals surface area contributed by atoms with Crippen molar-refractivity contribution in [1.82, 2.24) is 9.55 Å². The van der Waals surface area contributed by atoms with E-state index in [1.165, 1.54) is 31.7 Å². The van der Waals surface area contributed by atoms with Crippen LogP contribution in [0.3, 0.4) is 0 Å². The summed E-state index contributed by atoms with van der Waals surface area (Å²) in [7, 11) is 0. The zero-order chi connectivity index (χ0) is 13.9. The van der Waals surface area contributed by atoms with E-state index in [4.69, 9.17) is 23.2 Å². The molecule has 20 heavy (non-hydrogen) atoms. The van der Waals surface area contributed by atoms with Crippen LogP contribution < -0.4 is 0 Å². The van der Waals surface area contributed by atoms with Crippen LogP contribution in [0.1, 0.15) is 37.5 Å². The monoisotopic (exact) mass is 312 g/mol. The quantitative estimate of drug-likeness (QED) is 0.732. The minimum atomic E-state index is -0.383. The maximum Gasteiger partial charge on any atom is 0.144 e. The van der Waals surface area contributed by atoms with Gasteiger partial charge in [-0.2, -0.15) is 0 Å². The van der Waals surface area contributed by atoms with Gasteiger partial charge in [0.2, 0.25) is 0 Å². The summed E-state index contributed by atoms with van der Waals surface area (Å²) in [5.74, 6) is 2.23. The molecule has 0 unspecified atom stereocenters. The maximum absolute atomic E-state index is 13.8. The lowest BCUT2D eigenvalue weighted by molar-refractivity contribution is 0.395. The molecule has 1 aromatic carbocycles. The van der Waals surface area contributed by atoms with E-state index in [9.17, 15) is 4.39 Å². The average Bonchev–Trinajstić information content (AvgIpc) is 3.31. The van der Waals surface area contributed by atoms with Crippen LogP contribution in [-0.4, -0.2) is 9.55 Å². The van der Waals surface area contributed by atoms with Crippen LogP contribution >= 0.6 is 23.2 Å². The van der Waals surface area contributed by atoms with Gasteiger partial charge in [-0.25, -0.2) is 9.37 Å². The van der Waals surface area contributed by atoms with E-state index < -0.39 is 0 Å². The third-order valence-corrected chi connectivity index (χ3v) is 4.96. The first-order chi connectivity index (χ1) is 9.69. The number of rotatable bonds is 4. The Hall–Kier alpha value is -0.800. The van der Waals surface area contributed by atoms with Gasteiger partial charge in [0.05, 0.1) is 21.9 Å². The fourth-order valence-corrected chi connectivity index (χ4v) is 3.60. The normalized spacial score (nSPS) is 19.2. The number of fused-ring (bicyclic) bond motifs is 1. The molecule has 0 atom stereocenters. The van der Waals surface area contributed by atoms with Gasteiger partial charge in [0, 0.05) is 12.1 Å². The molecule has 0 amide bonds. The van der Waals surface area contributed by atoms with Gasteiger partial charge in [0.1, 0.15) is 11.6 Å². The summed E-state index contributed by atoms with van der Waals surface area (Å²) >= 11 is 11.9. The smallest absolute Gasteiger partial charge is 0.144 e. The Morgan fingerprint density at radius 2 is 1.90 bits per heavy atom. The molecule has 0 aliphatic heterocycles. The molecule has 2 aliphatic rings. The van der Waals surface area contributed by atoms with Crippen LogP contribution in [0.5, 0.6) is 0 Å². The molecule has 0 N–H and O–H groups in total. The molecule has 4 rings (SSSR count). The number of alkyl halides is 1. The van der Waals surface area contributed by atoms with Crippen molar-refractivity contribution in [2.24, 2.45) is 11.8 Å². The van der Waals surface area contributed by atoms with E-state index >= 15 is 0 Å². The number of halogens is 3. The molecule has 0 saturated heterocycles. The number of aromatic nitrogens is 2. The van der Waals surface area contributed by atoms with Crippen molar-refractivity contribution in [2.45, 2.75) is 37.6 Å². The second kappa shape index (κ2) is 4.60. The molecule has 2 aromatic rings. The van der Waals surface area contributed by atoms with E-state index in [1.807, 2.05) is 0 Å². The highest BCUT2D eigenvalue weighted by Gasteiger charge is 2.43. The molecule has 2 saturated carbocycles. The lowest BCUT2D eigenvalue weighted by Crippen LogP contribution is -2.16. The maximum atomic E-state index is 13.8. The molecule has 2 aliphatic carbocycles. The highest BCUT2D eigenvalue weighted by Crippen LogP contribution is 2.53. The van der Waals surface area contributed by atoms with Crippen molar-refractivity contribution in [3.63, 3.8) is 0 Å². The average molecular weight is 313 g/mol. The van der Waals surface area contributed by atoms with Crippen LogP contribution in [0.25, 0.3) is 11.0 Å². The van der Waals surface area contributed by atoms with E-state index in [-0.39, 0.29) is 10.8 Å². The van der Waals surface area contributed by atoms with Crippen molar-refractivity contribution in [3.05, 3.63) is 28.8 Å². The van der Waals surface area contributed by atoms with Gasteiger partial charge in [0.15, 0.2) is 0 Å². The van der Waals surface area contributed by atoms with Crippen molar-refractivity contribution in [3.8, 4) is 0 Å². The van der Waals surface area contributed by atoms with Crippen LogP contribution in [-0.2, 0) is 5.88 Å². The minimum absolute atomic E-state index is 0.123. The van der Waals surface area contributed by atoms with Crippen molar-refractivity contribution < 1.29 is 4.39 Å². The summed E-state index contributed by atoms with van der Waals surface area (Å²) < 4.78 is 16.0. The molecule has 1 heterocycles. The first-order valence-electron chi connectivity index (χ1n) is 7.11. The Balaban J connectivity index is 1.93. The van der Waals surface area contributed by atoms with Crippen LogP contribution in [0.2, 0.25) is 5.02 Å². The van der Waals surface area contributed by atoms with E-state index in [2.05, 4.69) is 9.55 Å². The molecule has 0 spiro atoms. The highest BCUT2D eigenvalue weighted by atomic mass is 35.5. The minimum Gasteiger partial charge on any atom is -0.323 e. The molecule has 2 fully saturated rings. The topological polar surface area (TPSA) is 17.8 Å². The van der Waals surface area contributed by atoms with Crippen molar-refractivity contribution >= 4 is 34.2 Å². The molecule has 0 radical (unpaired) electrons.